The number of halogens is 1. The molecule has 3 rings (SSSR count). The SMILES string of the molecule is COc1cc(/C=C(\C#N)c2nc3ccccc3n2C)cc(Br)c1O. The Balaban J connectivity index is 2.15. The zero-order chi connectivity index (χ0) is 17.3. The second-order valence-electron chi connectivity index (χ2n) is 5.21. The highest BCUT2D eigenvalue weighted by atomic mass is 79.9. The molecule has 0 unspecified atom stereocenters. The van der Waals surface area contributed by atoms with Crippen LogP contribution in [0, 0.1) is 11.3 Å². The molecular weight excluding hydrogens is 370 g/mol. The molecule has 5 nitrogen and oxygen atoms in total. The minimum atomic E-state index is 0.0240. The molecule has 0 bridgehead atoms. The van der Waals surface area contributed by atoms with Crippen LogP contribution in [0.3, 0.4) is 0 Å². The first-order valence-corrected chi connectivity index (χ1v) is 7.94. The Morgan fingerprint density at radius 2 is 2.12 bits per heavy atom. The van der Waals surface area contributed by atoms with Crippen molar-refractivity contribution < 1.29 is 9.84 Å². The van der Waals surface area contributed by atoms with Gasteiger partial charge in [0.15, 0.2) is 17.3 Å². The molecule has 6 heteroatoms. The van der Waals surface area contributed by atoms with Crippen LogP contribution in [0.5, 0.6) is 11.5 Å². The number of allylic oxidation sites excluding steroid dienone is 1. The van der Waals surface area contributed by atoms with Gasteiger partial charge in [-0.3, -0.25) is 0 Å². The lowest BCUT2D eigenvalue weighted by Gasteiger charge is -2.07. The van der Waals surface area contributed by atoms with E-state index < -0.39 is 0 Å². The number of nitriles is 1. The molecule has 0 atom stereocenters. The number of hydrogen-bond acceptors (Lipinski definition) is 4. The van der Waals surface area contributed by atoms with E-state index in [2.05, 4.69) is 27.0 Å². The quantitative estimate of drug-likeness (QED) is 0.690. The van der Waals surface area contributed by atoms with Crippen molar-refractivity contribution in [3.63, 3.8) is 0 Å². The lowest BCUT2D eigenvalue weighted by atomic mass is 10.1. The number of ether oxygens (including phenoxy) is 1. The van der Waals surface area contributed by atoms with E-state index in [1.807, 2.05) is 35.9 Å². The maximum atomic E-state index is 9.90. The van der Waals surface area contributed by atoms with Crippen molar-refractivity contribution in [2.75, 3.05) is 7.11 Å². The van der Waals surface area contributed by atoms with Crippen molar-refractivity contribution in [2.24, 2.45) is 7.05 Å². The highest BCUT2D eigenvalue weighted by Gasteiger charge is 2.13. The van der Waals surface area contributed by atoms with Gasteiger partial charge in [0.2, 0.25) is 0 Å². The summed E-state index contributed by atoms with van der Waals surface area (Å²) < 4.78 is 7.53. The van der Waals surface area contributed by atoms with Crippen molar-refractivity contribution >= 4 is 38.6 Å². The zero-order valence-corrected chi connectivity index (χ0v) is 14.7. The van der Waals surface area contributed by atoms with Crippen molar-refractivity contribution in [1.82, 2.24) is 9.55 Å². The van der Waals surface area contributed by atoms with Crippen molar-refractivity contribution in [3.8, 4) is 17.6 Å². The number of rotatable bonds is 3. The summed E-state index contributed by atoms with van der Waals surface area (Å²) in [6, 6.07) is 13.3. The molecule has 0 fully saturated rings. The van der Waals surface area contributed by atoms with Crippen LogP contribution in [-0.2, 0) is 7.05 Å². The molecule has 0 saturated heterocycles. The number of aromatic nitrogens is 2. The van der Waals surface area contributed by atoms with Crippen LogP contribution in [0.1, 0.15) is 11.4 Å². The van der Waals surface area contributed by atoms with Gasteiger partial charge in [-0.2, -0.15) is 5.26 Å². The molecule has 0 amide bonds. The average molecular weight is 384 g/mol. The minimum Gasteiger partial charge on any atom is -0.503 e. The first-order valence-electron chi connectivity index (χ1n) is 7.15. The van der Waals surface area contributed by atoms with E-state index in [1.54, 1.807) is 18.2 Å². The molecule has 120 valence electrons. The summed E-state index contributed by atoms with van der Waals surface area (Å²) in [6.45, 7) is 0. The molecule has 1 aromatic heterocycles. The third-order valence-corrected chi connectivity index (χ3v) is 4.33. The number of hydrogen-bond donors (Lipinski definition) is 1. The fourth-order valence-corrected chi connectivity index (χ4v) is 2.99. The smallest absolute Gasteiger partial charge is 0.172 e. The Hall–Kier alpha value is -2.78. The van der Waals surface area contributed by atoms with Crippen LogP contribution in [0.4, 0.5) is 0 Å². The molecule has 24 heavy (non-hydrogen) atoms. The summed E-state index contributed by atoms with van der Waals surface area (Å²) in [5, 5.41) is 19.5. The van der Waals surface area contributed by atoms with Crippen molar-refractivity contribution in [2.45, 2.75) is 0 Å². The van der Waals surface area contributed by atoms with E-state index in [4.69, 9.17) is 4.74 Å². The predicted octanol–water partition coefficient (Wildman–Crippen LogP) is 4.11. The number of phenolic OH excluding ortho intramolecular Hbond substituents is 1. The molecule has 0 saturated carbocycles. The Morgan fingerprint density at radius 1 is 1.38 bits per heavy atom. The predicted molar refractivity (Wildman–Crippen MR) is 96.6 cm³/mol. The second-order valence-corrected chi connectivity index (χ2v) is 6.06. The van der Waals surface area contributed by atoms with Gasteiger partial charge < -0.3 is 14.4 Å². The number of aromatic hydroxyl groups is 1. The summed E-state index contributed by atoms with van der Waals surface area (Å²) >= 11 is 3.29. The van der Waals surface area contributed by atoms with Crippen molar-refractivity contribution in [3.05, 3.63) is 52.3 Å². The topological polar surface area (TPSA) is 71.1 Å². The van der Waals surface area contributed by atoms with E-state index in [-0.39, 0.29) is 5.75 Å². The number of para-hydroxylation sites is 2. The number of methoxy groups -OCH3 is 1. The molecule has 1 N–H and O–H groups in total. The Kier molecular flexibility index (Phi) is 4.28. The lowest BCUT2D eigenvalue weighted by Crippen LogP contribution is -1.96. The van der Waals surface area contributed by atoms with E-state index in [0.717, 1.165) is 16.6 Å². The van der Waals surface area contributed by atoms with E-state index in [0.29, 0.717) is 21.6 Å². The van der Waals surface area contributed by atoms with Gasteiger partial charge in [-0.25, -0.2) is 4.98 Å². The van der Waals surface area contributed by atoms with Gasteiger partial charge in [0, 0.05) is 7.05 Å². The second kappa shape index (κ2) is 6.38. The maximum Gasteiger partial charge on any atom is 0.172 e. The summed E-state index contributed by atoms with van der Waals surface area (Å²) in [7, 11) is 3.36. The summed E-state index contributed by atoms with van der Waals surface area (Å²) in [5.41, 5.74) is 2.94. The van der Waals surface area contributed by atoms with E-state index >= 15 is 0 Å². The molecule has 0 aliphatic heterocycles. The maximum absolute atomic E-state index is 9.90. The lowest BCUT2D eigenvalue weighted by molar-refractivity contribution is 0.372. The van der Waals surface area contributed by atoms with Crippen LogP contribution < -0.4 is 4.74 Å². The van der Waals surface area contributed by atoms with Crippen LogP contribution in [-0.4, -0.2) is 21.8 Å². The van der Waals surface area contributed by atoms with Gasteiger partial charge in [-0.1, -0.05) is 12.1 Å². The van der Waals surface area contributed by atoms with Crippen LogP contribution >= 0.6 is 15.9 Å². The van der Waals surface area contributed by atoms with E-state index in [1.165, 1.54) is 7.11 Å². The van der Waals surface area contributed by atoms with Crippen molar-refractivity contribution in [1.29, 1.82) is 5.26 Å². The molecule has 2 aromatic carbocycles. The largest absolute Gasteiger partial charge is 0.503 e. The number of nitrogens with zero attached hydrogens (tertiary/aromatic N) is 3. The number of aryl methyl sites for hydroxylation is 1. The van der Waals surface area contributed by atoms with Gasteiger partial charge in [0.1, 0.15) is 6.07 Å². The Morgan fingerprint density at radius 3 is 2.79 bits per heavy atom. The average Bonchev–Trinajstić information content (AvgIpc) is 2.92. The normalized spacial score (nSPS) is 11.5. The van der Waals surface area contributed by atoms with Crippen LogP contribution in [0.15, 0.2) is 40.9 Å². The summed E-state index contributed by atoms with van der Waals surface area (Å²) in [4.78, 5) is 4.54. The molecular formula is C18H14BrN3O2. The number of fused-ring (bicyclic) bond motifs is 1. The molecule has 3 aromatic rings. The monoisotopic (exact) mass is 383 g/mol. The number of imidazole rings is 1. The first kappa shape index (κ1) is 16.1. The fraction of sp³-hybridized carbons (Fsp3) is 0.111. The summed E-state index contributed by atoms with van der Waals surface area (Å²) in [6.07, 6.45) is 1.72. The van der Waals surface area contributed by atoms with Gasteiger partial charge in [0.25, 0.3) is 0 Å². The molecule has 0 radical (unpaired) electrons. The first-order chi connectivity index (χ1) is 11.5. The number of phenols is 1. The van der Waals surface area contributed by atoms with E-state index in [9.17, 15) is 10.4 Å². The zero-order valence-electron chi connectivity index (χ0n) is 13.1. The molecule has 0 aliphatic rings. The van der Waals surface area contributed by atoms with Crippen LogP contribution in [0.25, 0.3) is 22.7 Å². The Labute approximate surface area is 147 Å². The standard InChI is InChI=1S/C18H14BrN3O2/c1-22-15-6-4-3-5-14(15)21-18(22)12(10-20)7-11-8-13(19)17(23)16(9-11)24-2/h3-9,23H,1-2H3/b12-7+. The van der Waals surface area contributed by atoms with Crippen LogP contribution in [0.2, 0.25) is 0 Å². The third-order valence-electron chi connectivity index (χ3n) is 3.73. The highest BCUT2D eigenvalue weighted by molar-refractivity contribution is 9.10. The number of benzene rings is 2. The Bertz CT molecular complexity index is 999. The highest BCUT2D eigenvalue weighted by Crippen LogP contribution is 2.36. The minimum absolute atomic E-state index is 0.0240. The molecule has 0 aliphatic carbocycles. The van der Waals surface area contributed by atoms with Gasteiger partial charge in [-0.05, 0) is 51.8 Å². The fourth-order valence-electron chi connectivity index (χ4n) is 2.53. The third kappa shape index (κ3) is 2.74. The molecule has 0 spiro atoms. The van der Waals surface area contributed by atoms with Gasteiger partial charge >= 0.3 is 0 Å². The van der Waals surface area contributed by atoms with Gasteiger partial charge in [-0.15, -0.1) is 0 Å². The molecule has 1 heterocycles. The van der Waals surface area contributed by atoms with Gasteiger partial charge in [0.05, 0.1) is 28.2 Å². The summed E-state index contributed by atoms with van der Waals surface area (Å²) in [5.74, 6) is 0.940.